The highest BCUT2D eigenvalue weighted by Crippen LogP contribution is 2.47. The predicted molar refractivity (Wildman–Crippen MR) is 97.9 cm³/mol. The minimum absolute atomic E-state index is 0.0820. The van der Waals surface area contributed by atoms with Crippen LogP contribution in [-0.4, -0.2) is 48.9 Å². The van der Waals surface area contributed by atoms with Crippen molar-refractivity contribution in [1.29, 1.82) is 0 Å². The van der Waals surface area contributed by atoms with Gasteiger partial charge in [0.15, 0.2) is 0 Å². The average Bonchev–Trinajstić information content (AvgIpc) is 3.52. The molecule has 0 spiro atoms. The van der Waals surface area contributed by atoms with Gasteiger partial charge in [0.25, 0.3) is 0 Å². The molecule has 2 heterocycles. The topological polar surface area (TPSA) is 70.8 Å². The molecule has 0 bridgehead atoms. The predicted octanol–water partition coefficient (Wildman–Crippen LogP) is 2.57. The van der Waals surface area contributed by atoms with Gasteiger partial charge in [0.1, 0.15) is 11.5 Å². The highest BCUT2D eigenvalue weighted by Gasteiger charge is 2.40. The summed E-state index contributed by atoms with van der Waals surface area (Å²) in [5, 5.41) is 0. The normalized spacial score (nSPS) is 29.5. The largest absolute Gasteiger partial charge is 0.464 e. The first kappa shape index (κ1) is 18.0. The zero-order chi connectivity index (χ0) is 18.5. The van der Waals surface area contributed by atoms with Gasteiger partial charge in [-0.15, -0.1) is 0 Å². The summed E-state index contributed by atoms with van der Waals surface area (Å²) in [6, 6.07) is 4.32. The van der Waals surface area contributed by atoms with Crippen LogP contribution in [0.5, 0.6) is 0 Å². The Hall–Kier alpha value is -1.34. The van der Waals surface area contributed by atoms with Gasteiger partial charge in [-0.05, 0) is 50.2 Å². The van der Waals surface area contributed by atoms with Gasteiger partial charge in [-0.1, -0.05) is 6.92 Å². The minimum Gasteiger partial charge on any atom is -0.464 e. The van der Waals surface area contributed by atoms with Crippen molar-refractivity contribution >= 4 is 15.9 Å². The molecular weight excluding hydrogens is 352 g/mol. The summed E-state index contributed by atoms with van der Waals surface area (Å²) in [6.07, 6.45) is 5.97. The standard InChI is InChI=1S/C19H28N2O4S/c1-13-10-17(13)18-8-7-16(25-18)12-21(15-5-6-15)19(22)14-4-3-9-20(11-14)26(2,23)24/h7-8,13-15,17H,3-6,9-12H2,1-2H3. The number of amides is 1. The van der Waals surface area contributed by atoms with Crippen LogP contribution in [0.4, 0.5) is 0 Å². The first-order valence-corrected chi connectivity index (χ1v) is 11.5. The number of hydrogen-bond donors (Lipinski definition) is 0. The maximum atomic E-state index is 13.1. The molecule has 0 radical (unpaired) electrons. The van der Waals surface area contributed by atoms with Crippen molar-refractivity contribution in [3.05, 3.63) is 23.7 Å². The molecule has 1 amide bonds. The van der Waals surface area contributed by atoms with E-state index in [9.17, 15) is 13.2 Å². The van der Waals surface area contributed by atoms with Crippen LogP contribution in [0.3, 0.4) is 0 Å². The van der Waals surface area contributed by atoms with Crippen molar-refractivity contribution in [3.8, 4) is 0 Å². The van der Waals surface area contributed by atoms with E-state index in [1.807, 2.05) is 17.0 Å². The zero-order valence-corrected chi connectivity index (χ0v) is 16.4. The summed E-state index contributed by atoms with van der Waals surface area (Å²) >= 11 is 0. The van der Waals surface area contributed by atoms with Crippen LogP contribution in [0.1, 0.15) is 56.5 Å². The highest BCUT2D eigenvalue weighted by molar-refractivity contribution is 7.88. The number of piperidine rings is 1. The molecule has 3 aliphatic rings. The van der Waals surface area contributed by atoms with Crippen molar-refractivity contribution in [3.63, 3.8) is 0 Å². The number of sulfonamides is 1. The molecule has 6 nitrogen and oxygen atoms in total. The van der Waals surface area contributed by atoms with Gasteiger partial charge < -0.3 is 9.32 Å². The third-order valence-electron chi connectivity index (χ3n) is 5.96. The third-order valence-corrected chi connectivity index (χ3v) is 7.23. The number of rotatable bonds is 6. The molecule has 7 heteroatoms. The van der Waals surface area contributed by atoms with Crippen LogP contribution in [0.15, 0.2) is 16.5 Å². The summed E-state index contributed by atoms with van der Waals surface area (Å²) in [5.74, 6) is 2.96. The Morgan fingerprint density at radius 1 is 1.31 bits per heavy atom. The van der Waals surface area contributed by atoms with Gasteiger partial charge in [-0.2, -0.15) is 0 Å². The lowest BCUT2D eigenvalue weighted by Gasteiger charge is -2.33. The van der Waals surface area contributed by atoms with Crippen molar-refractivity contribution < 1.29 is 17.6 Å². The van der Waals surface area contributed by atoms with E-state index in [0.717, 1.165) is 37.2 Å². The van der Waals surface area contributed by atoms with Crippen molar-refractivity contribution in [2.24, 2.45) is 11.8 Å². The number of nitrogens with zero attached hydrogens (tertiary/aromatic N) is 2. The molecule has 26 heavy (non-hydrogen) atoms. The third kappa shape index (κ3) is 3.83. The van der Waals surface area contributed by atoms with E-state index in [-0.39, 0.29) is 17.9 Å². The smallest absolute Gasteiger partial charge is 0.227 e. The van der Waals surface area contributed by atoms with Crippen LogP contribution >= 0.6 is 0 Å². The summed E-state index contributed by atoms with van der Waals surface area (Å²) in [4.78, 5) is 15.1. The molecule has 4 rings (SSSR count). The molecule has 1 aliphatic heterocycles. The zero-order valence-electron chi connectivity index (χ0n) is 15.6. The van der Waals surface area contributed by atoms with Gasteiger partial charge in [0.2, 0.25) is 15.9 Å². The molecule has 0 aromatic carbocycles. The minimum atomic E-state index is -3.24. The Morgan fingerprint density at radius 2 is 2.04 bits per heavy atom. The van der Waals surface area contributed by atoms with E-state index in [1.54, 1.807) is 0 Å². The van der Waals surface area contributed by atoms with Gasteiger partial charge in [-0.3, -0.25) is 4.79 Å². The van der Waals surface area contributed by atoms with Crippen LogP contribution < -0.4 is 0 Å². The monoisotopic (exact) mass is 380 g/mol. The van der Waals surface area contributed by atoms with Gasteiger partial charge in [-0.25, -0.2) is 12.7 Å². The van der Waals surface area contributed by atoms with Crippen LogP contribution in [0.25, 0.3) is 0 Å². The molecule has 3 unspecified atom stereocenters. The average molecular weight is 381 g/mol. The summed E-state index contributed by atoms with van der Waals surface area (Å²) in [5.41, 5.74) is 0. The van der Waals surface area contributed by atoms with Crippen LogP contribution in [0, 0.1) is 11.8 Å². The first-order valence-electron chi connectivity index (χ1n) is 9.67. The lowest BCUT2D eigenvalue weighted by Crippen LogP contribution is -2.46. The van der Waals surface area contributed by atoms with E-state index >= 15 is 0 Å². The second-order valence-corrected chi connectivity index (χ2v) is 10.3. The summed E-state index contributed by atoms with van der Waals surface area (Å²) in [7, 11) is -3.24. The van der Waals surface area contributed by atoms with E-state index < -0.39 is 10.0 Å². The van der Waals surface area contributed by atoms with E-state index in [1.165, 1.54) is 17.0 Å². The molecule has 1 saturated heterocycles. The van der Waals surface area contributed by atoms with E-state index in [0.29, 0.717) is 31.5 Å². The molecule has 144 valence electrons. The van der Waals surface area contributed by atoms with E-state index in [2.05, 4.69) is 6.92 Å². The van der Waals surface area contributed by atoms with Crippen molar-refractivity contribution in [2.45, 2.75) is 57.5 Å². The number of hydrogen-bond acceptors (Lipinski definition) is 4. The summed E-state index contributed by atoms with van der Waals surface area (Å²) < 4.78 is 31.1. The van der Waals surface area contributed by atoms with Gasteiger partial charge >= 0.3 is 0 Å². The van der Waals surface area contributed by atoms with Gasteiger partial charge in [0, 0.05) is 25.0 Å². The molecule has 1 aromatic rings. The SMILES string of the molecule is CC1CC1c1ccc(CN(C(=O)C2CCCN(S(C)(=O)=O)C2)C2CC2)o1. The van der Waals surface area contributed by atoms with Crippen LogP contribution in [0.2, 0.25) is 0 Å². The fraction of sp³-hybridized carbons (Fsp3) is 0.737. The molecule has 3 atom stereocenters. The molecule has 1 aromatic heterocycles. The fourth-order valence-corrected chi connectivity index (χ4v) is 4.93. The fourth-order valence-electron chi connectivity index (χ4n) is 4.02. The Kier molecular flexibility index (Phi) is 4.63. The number of carbonyl (C=O) groups excluding carboxylic acids is 1. The Balaban J connectivity index is 1.44. The van der Waals surface area contributed by atoms with Crippen molar-refractivity contribution in [2.75, 3.05) is 19.3 Å². The molecule has 2 aliphatic carbocycles. The Bertz CT molecular complexity index is 783. The summed E-state index contributed by atoms with van der Waals surface area (Å²) in [6.45, 7) is 3.56. The number of carbonyl (C=O) groups is 1. The van der Waals surface area contributed by atoms with E-state index in [4.69, 9.17) is 4.42 Å². The quantitative estimate of drug-likeness (QED) is 0.760. The number of furan rings is 1. The second kappa shape index (κ2) is 6.68. The lowest BCUT2D eigenvalue weighted by atomic mass is 9.98. The molecule has 2 saturated carbocycles. The van der Waals surface area contributed by atoms with Crippen LogP contribution in [-0.2, 0) is 21.4 Å². The Morgan fingerprint density at radius 3 is 2.65 bits per heavy atom. The van der Waals surface area contributed by atoms with Gasteiger partial charge in [0.05, 0.1) is 18.7 Å². The lowest BCUT2D eigenvalue weighted by molar-refractivity contribution is -0.138. The molecular formula is C19H28N2O4S. The Labute approximate surface area is 155 Å². The maximum absolute atomic E-state index is 13.1. The maximum Gasteiger partial charge on any atom is 0.227 e. The highest BCUT2D eigenvalue weighted by atomic mass is 32.2. The molecule has 0 N–H and O–H groups in total. The molecule has 3 fully saturated rings. The van der Waals surface area contributed by atoms with Crippen molar-refractivity contribution in [1.82, 2.24) is 9.21 Å². The first-order chi connectivity index (χ1) is 12.3. The second-order valence-electron chi connectivity index (χ2n) is 8.28.